The molecule has 0 atom stereocenters. The highest BCUT2D eigenvalue weighted by Gasteiger charge is 2.14. The van der Waals surface area contributed by atoms with Crippen molar-refractivity contribution < 1.29 is 0 Å². The Morgan fingerprint density at radius 3 is 2.55 bits per heavy atom. The molecule has 3 nitrogen and oxygen atoms in total. The van der Waals surface area contributed by atoms with E-state index in [9.17, 15) is 4.79 Å². The van der Waals surface area contributed by atoms with Crippen molar-refractivity contribution in [3.05, 3.63) is 61.0 Å². The minimum Gasteiger partial charge on any atom is -0.323 e. The Kier molecular flexibility index (Phi) is 4.02. The molecule has 5 heteroatoms. The number of thiophene rings is 1. The lowest BCUT2D eigenvalue weighted by atomic mass is 10.1. The number of hydrogen-bond acceptors (Lipinski definition) is 3. The third kappa shape index (κ3) is 2.55. The molecule has 0 saturated carbocycles. The third-order valence-corrected chi connectivity index (χ3v) is 5.33. The topological polar surface area (TPSA) is 37.8 Å². The number of fused-ring (bicyclic) bond motifs is 1. The Labute approximate surface area is 138 Å². The zero-order valence-electron chi connectivity index (χ0n) is 12.9. The molecule has 2 aromatic heterocycles. The summed E-state index contributed by atoms with van der Waals surface area (Å²) < 4.78 is 2.15. The minimum atomic E-state index is 0.0144. The normalized spacial score (nSPS) is 11.2. The van der Waals surface area contributed by atoms with Crippen molar-refractivity contribution in [3.8, 4) is 0 Å². The number of hydrogen-bond donors (Lipinski definition) is 1. The van der Waals surface area contributed by atoms with Gasteiger partial charge in [0.15, 0.2) is 4.77 Å². The molecule has 0 saturated heterocycles. The average molecular weight is 330 g/mol. The van der Waals surface area contributed by atoms with Gasteiger partial charge in [-0.25, -0.2) is 0 Å². The Bertz CT molecular complexity index is 946. The van der Waals surface area contributed by atoms with Gasteiger partial charge in [0.25, 0.3) is 5.56 Å². The van der Waals surface area contributed by atoms with Crippen molar-refractivity contribution in [1.29, 1.82) is 0 Å². The van der Waals surface area contributed by atoms with Gasteiger partial charge in [0, 0.05) is 4.88 Å². The number of aromatic amines is 1. The van der Waals surface area contributed by atoms with Gasteiger partial charge in [0.05, 0.1) is 11.9 Å². The standard InChI is InChI=1S/C17H18N2OS2/c1-4-13-11(3)22-15-14(13)16(20)19(17(21)18-15)9-12-7-5-10(2)6-8-12/h5-8H,4,9H2,1-3H3,(H,18,21). The van der Waals surface area contributed by atoms with Crippen LogP contribution >= 0.6 is 23.6 Å². The predicted molar refractivity (Wildman–Crippen MR) is 95.7 cm³/mol. The molecule has 0 aliphatic rings. The number of aryl methyl sites for hydroxylation is 3. The molecule has 0 spiro atoms. The quantitative estimate of drug-likeness (QED) is 0.725. The second-order valence-corrected chi connectivity index (χ2v) is 7.11. The van der Waals surface area contributed by atoms with Gasteiger partial charge >= 0.3 is 0 Å². The number of rotatable bonds is 3. The summed E-state index contributed by atoms with van der Waals surface area (Å²) >= 11 is 7.01. The molecule has 22 heavy (non-hydrogen) atoms. The first-order chi connectivity index (χ1) is 10.5. The summed E-state index contributed by atoms with van der Waals surface area (Å²) in [4.78, 5) is 18.2. The predicted octanol–water partition coefficient (Wildman–Crippen LogP) is 4.35. The fourth-order valence-corrected chi connectivity index (χ4v) is 4.18. The van der Waals surface area contributed by atoms with Crippen LogP contribution in [0.3, 0.4) is 0 Å². The summed E-state index contributed by atoms with van der Waals surface area (Å²) in [5.74, 6) is 0. The number of nitrogens with one attached hydrogen (secondary N) is 1. The lowest BCUT2D eigenvalue weighted by Crippen LogP contribution is -2.22. The molecule has 0 fully saturated rings. The van der Waals surface area contributed by atoms with Crippen LogP contribution in [0.5, 0.6) is 0 Å². The van der Waals surface area contributed by atoms with E-state index >= 15 is 0 Å². The van der Waals surface area contributed by atoms with Crippen molar-refractivity contribution in [3.63, 3.8) is 0 Å². The molecule has 2 heterocycles. The molecule has 1 N–H and O–H groups in total. The van der Waals surface area contributed by atoms with Crippen molar-refractivity contribution in [2.75, 3.05) is 0 Å². The maximum absolute atomic E-state index is 12.9. The summed E-state index contributed by atoms with van der Waals surface area (Å²) in [5, 5.41) is 0.797. The monoisotopic (exact) mass is 330 g/mol. The van der Waals surface area contributed by atoms with Crippen LogP contribution < -0.4 is 5.56 Å². The van der Waals surface area contributed by atoms with Crippen LogP contribution in [0.4, 0.5) is 0 Å². The van der Waals surface area contributed by atoms with Crippen LogP contribution in [0.15, 0.2) is 29.1 Å². The summed E-state index contributed by atoms with van der Waals surface area (Å²) in [6.45, 7) is 6.70. The second-order valence-electron chi connectivity index (χ2n) is 5.50. The maximum atomic E-state index is 12.9. The number of nitrogens with zero attached hydrogens (tertiary/aromatic N) is 1. The van der Waals surface area contributed by atoms with Gasteiger partial charge in [-0.2, -0.15) is 0 Å². The third-order valence-electron chi connectivity index (χ3n) is 3.95. The highest BCUT2D eigenvalue weighted by molar-refractivity contribution is 7.71. The summed E-state index contributed by atoms with van der Waals surface area (Å²) in [7, 11) is 0. The van der Waals surface area contributed by atoms with Crippen molar-refractivity contribution in [2.45, 2.75) is 33.7 Å². The minimum absolute atomic E-state index is 0.0144. The fourth-order valence-electron chi connectivity index (χ4n) is 2.73. The maximum Gasteiger partial charge on any atom is 0.263 e. The molecule has 3 aromatic rings. The lowest BCUT2D eigenvalue weighted by Gasteiger charge is -2.07. The molecule has 0 unspecified atom stereocenters. The fraction of sp³-hybridized carbons (Fsp3) is 0.294. The van der Waals surface area contributed by atoms with Crippen molar-refractivity contribution in [1.82, 2.24) is 9.55 Å². The summed E-state index contributed by atoms with van der Waals surface area (Å²) in [6, 6.07) is 8.19. The van der Waals surface area contributed by atoms with Crippen LogP contribution in [0.1, 0.15) is 28.5 Å². The van der Waals surface area contributed by atoms with Gasteiger partial charge in [-0.05, 0) is 43.6 Å². The molecule has 0 aliphatic carbocycles. The van der Waals surface area contributed by atoms with E-state index in [1.165, 1.54) is 10.4 Å². The Morgan fingerprint density at radius 2 is 1.91 bits per heavy atom. The van der Waals surface area contributed by atoms with Crippen molar-refractivity contribution in [2.24, 2.45) is 0 Å². The highest BCUT2D eigenvalue weighted by Crippen LogP contribution is 2.27. The van der Waals surface area contributed by atoms with E-state index in [4.69, 9.17) is 12.2 Å². The zero-order valence-corrected chi connectivity index (χ0v) is 14.5. The molecule has 0 aliphatic heterocycles. The van der Waals surface area contributed by atoms with E-state index in [-0.39, 0.29) is 5.56 Å². The number of aromatic nitrogens is 2. The van der Waals surface area contributed by atoms with E-state index in [2.05, 4.69) is 37.9 Å². The smallest absolute Gasteiger partial charge is 0.263 e. The van der Waals surface area contributed by atoms with Crippen LogP contribution in [0.2, 0.25) is 0 Å². The molecule has 0 amide bonds. The van der Waals surface area contributed by atoms with Crippen molar-refractivity contribution >= 4 is 33.8 Å². The van der Waals surface area contributed by atoms with Gasteiger partial charge in [-0.3, -0.25) is 9.36 Å². The summed E-state index contributed by atoms with van der Waals surface area (Å²) in [5.41, 5.74) is 3.43. The molecule has 0 radical (unpaired) electrons. The molecule has 3 rings (SSSR count). The largest absolute Gasteiger partial charge is 0.323 e. The zero-order chi connectivity index (χ0) is 15.9. The SMILES string of the molecule is CCc1c(C)sc2[nH]c(=S)n(Cc3ccc(C)cc3)c(=O)c12. The Morgan fingerprint density at radius 1 is 1.23 bits per heavy atom. The van der Waals surface area contributed by atoms with Gasteiger partial charge in [-0.1, -0.05) is 36.8 Å². The first kappa shape index (κ1) is 15.2. The number of benzene rings is 1. The average Bonchev–Trinajstić information content (AvgIpc) is 2.80. The second kappa shape index (κ2) is 5.82. The van der Waals surface area contributed by atoms with E-state index in [1.54, 1.807) is 15.9 Å². The van der Waals surface area contributed by atoms with Gasteiger partial charge in [0.1, 0.15) is 4.83 Å². The van der Waals surface area contributed by atoms with Crippen LogP contribution in [-0.4, -0.2) is 9.55 Å². The molecular formula is C17H18N2OS2. The van der Waals surface area contributed by atoms with E-state index < -0.39 is 0 Å². The van der Waals surface area contributed by atoms with Crippen LogP contribution in [0.25, 0.3) is 10.2 Å². The van der Waals surface area contributed by atoms with Gasteiger partial charge in [0.2, 0.25) is 0 Å². The lowest BCUT2D eigenvalue weighted by molar-refractivity contribution is 0.734. The highest BCUT2D eigenvalue weighted by atomic mass is 32.1. The van der Waals surface area contributed by atoms with Gasteiger partial charge in [-0.15, -0.1) is 11.3 Å². The van der Waals surface area contributed by atoms with Gasteiger partial charge < -0.3 is 4.98 Å². The van der Waals surface area contributed by atoms with E-state index in [0.29, 0.717) is 11.3 Å². The molecule has 1 aromatic carbocycles. The molecular weight excluding hydrogens is 312 g/mol. The van der Waals surface area contributed by atoms with Crippen LogP contribution in [-0.2, 0) is 13.0 Å². The first-order valence-electron chi connectivity index (χ1n) is 7.32. The Hall–Kier alpha value is -1.72. The molecule has 0 bridgehead atoms. The molecule has 114 valence electrons. The van der Waals surface area contributed by atoms with E-state index in [1.807, 2.05) is 12.1 Å². The summed E-state index contributed by atoms with van der Waals surface area (Å²) in [6.07, 6.45) is 0.857. The van der Waals surface area contributed by atoms with Crippen LogP contribution in [0, 0.1) is 18.6 Å². The van der Waals surface area contributed by atoms with E-state index in [0.717, 1.165) is 27.8 Å². The number of H-pyrrole nitrogens is 1. The Balaban J connectivity index is 2.19. The first-order valence-corrected chi connectivity index (χ1v) is 8.54.